The number of amidine groups is 1. The topological polar surface area (TPSA) is 105 Å². The smallest absolute Gasteiger partial charge is 0.341 e. The summed E-state index contributed by atoms with van der Waals surface area (Å²) in [5, 5.41) is 20.6. The van der Waals surface area contributed by atoms with E-state index in [1.54, 1.807) is 0 Å². The number of esters is 1. The molecular formula is C9H10N2O4. The van der Waals surface area contributed by atoms with Crippen molar-refractivity contribution < 1.29 is 19.8 Å². The molecule has 0 amide bonds. The molecule has 1 aromatic rings. The molecule has 0 unspecified atom stereocenters. The average Bonchev–Trinajstić information content (AvgIpc) is 2.26. The van der Waals surface area contributed by atoms with Crippen molar-refractivity contribution in [2.45, 2.75) is 0 Å². The van der Waals surface area contributed by atoms with Crippen LogP contribution in [0.5, 0.6) is 5.75 Å². The minimum atomic E-state index is -0.654. The lowest BCUT2D eigenvalue weighted by Crippen LogP contribution is -2.13. The molecule has 0 fully saturated rings. The highest BCUT2D eigenvalue weighted by atomic mass is 16.5. The van der Waals surface area contributed by atoms with Crippen LogP contribution in [0, 0.1) is 0 Å². The minimum Gasteiger partial charge on any atom is -0.507 e. The van der Waals surface area contributed by atoms with E-state index in [0.29, 0.717) is 5.56 Å². The van der Waals surface area contributed by atoms with Crippen LogP contribution in [0.3, 0.4) is 0 Å². The zero-order valence-electron chi connectivity index (χ0n) is 7.97. The van der Waals surface area contributed by atoms with Crippen molar-refractivity contribution in [2.24, 2.45) is 10.9 Å². The molecule has 1 aromatic carbocycles. The molecule has 0 heterocycles. The summed E-state index contributed by atoms with van der Waals surface area (Å²) in [6.07, 6.45) is 0. The van der Waals surface area contributed by atoms with E-state index in [9.17, 15) is 9.90 Å². The third kappa shape index (κ3) is 2.16. The molecule has 0 aliphatic carbocycles. The number of nitrogens with zero attached hydrogens (tertiary/aromatic N) is 1. The van der Waals surface area contributed by atoms with Crippen LogP contribution in [-0.4, -0.2) is 29.2 Å². The predicted molar refractivity (Wildman–Crippen MR) is 52.0 cm³/mol. The molecule has 0 aliphatic rings. The fourth-order valence-corrected chi connectivity index (χ4v) is 1.03. The average molecular weight is 210 g/mol. The first-order valence-electron chi connectivity index (χ1n) is 3.99. The number of phenolic OH excluding ortho intramolecular Hbond substituents is 1. The van der Waals surface area contributed by atoms with Crippen molar-refractivity contribution in [3.63, 3.8) is 0 Å². The fraction of sp³-hybridized carbons (Fsp3) is 0.111. The van der Waals surface area contributed by atoms with E-state index in [1.807, 2.05) is 0 Å². The maximum absolute atomic E-state index is 11.1. The van der Waals surface area contributed by atoms with Gasteiger partial charge in [0.1, 0.15) is 11.3 Å². The third-order valence-corrected chi connectivity index (χ3v) is 1.81. The number of rotatable bonds is 2. The van der Waals surface area contributed by atoms with Gasteiger partial charge >= 0.3 is 5.97 Å². The second kappa shape index (κ2) is 4.32. The Labute approximate surface area is 85.6 Å². The third-order valence-electron chi connectivity index (χ3n) is 1.81. The van der Waals surface area contributed by atoms with E-state index in [1.165, 1.54) is 25.3 Å². The first-order valence-corrected chi connectivity index (χ1v) is 3.99. The zero-order chi connectivity index (χ0) is 11.4. The van der Waals surface area contributed by atoms with Crippen LogP contribution in [-0.2, 0) is 4.74 Å². The quantitative estimate of drug-likeness (QED) is 0.214. The first kappa shape index (κ1) is 10.8. The van der Waals surface area contributed by atoms with Gasteiger partial charge in [0.25, 0.3) is 0 Å². The van der Waals surface area contributed by atoms with E-state index >= 15 is 0 Å². The molecule has 0 aliphatic heterocycles. The maximum Gasteiger partial charge on any atom is 0.341 e. The molecule has 0 saturated heterocycles. The van der Waals surface area contributed by atoms with Crippen LogP contribution in [0.1, 0.15) is 15.9 Å². The Balaban J connectivity index is 3.14. The molecule has 0 bridgehead atoms. The Morgan fingerprint density at radius 1 is 1.53 bits per heavy atom. The summed E-state index contributed by atoms with van der Waals surface area (Å²) < 4.78 is 4.43. The minimum absolute atomic E-state index is 0.0204. The first-order chi connectivity index (χ1) is 7.10. The van der Waals surface area contributed by atoms with Crippen molar-refractivity contribution in [3.8, 4) is 5.75 Å². The summed E-state index contributed by atoms with van der Waals surface area (Å²) >= 11 is 0. The van der Waals surface area contributed by atoms with E-state index in [-0.39, 0.29) is 17.1 Å². The normalized spacial score (nSPS) is 11.1. The molecule has 1 rings (SSSR count). The van der Waals surface area contributed by atoms with E-state index in [2.05, 4.69) is 9.89 Å². The Morgan fingerprint density at radius 3 is 2.67 bits per heavy atom. The summed E-state index contributed by atoms with van der Waals surface area (Å²) in [6, 6.07) is 3.97. The largest absolute Gasteiger partial charge is 0.507 e. The summed E-state index contributed by atoms with van der Waals surface area (Å²) in [5.74, 6) is -1.09. The van der Waals surface area contributed by atoms with Crippen molar-refractivity contribution >= 4 is 11.8 Å². The number of carbonyl (C=O) groups excluding carboxylic acids is 1. The van der Waals surface area contributed by atoms with Crippen LogP contribution in [0.25, 0.3) is 0 Å². The zero-order valence-corrected chi connectivity index (χ0v) is 7.97. The lowest BCUT2D eigenvalue weighted by atomic mass is 10.1. The highest BCUT2D eigenvalue weighted by molar-refractivity contribution is 5.99. The van der Waals surface area contributed by atoms with Crippen LogP contribution in [0.15, 0.2) is 23.4 Å². The Kier molecular flexibility index (Phi) is 3.12. The number of nitrogens with two attached hydrogens (primary N) is 1. The number of phenols is 1. The molecule has 15 heavy (non-hydrogen) atoms. The number of oxime groups is 1. The van der Waals surface area contributed by atoms with Crippen molar-refractivity contribution in [2.75, 3.05) is 7.11 Å². The molecule has 6 heteroatoms. The lowest BCUT2D eigenvalue weighted by molar-refractivity contribution is 0.0597. The summed E-state index contributed by atoms with van der Waals surface area (Å²) in [5.41, 5.74) is 5.62. The van der Waals surface area contributed by atoms with Gasteiger partial charge in [-0.25, -0.2) is 4.79 Å². The monoisotopic (exact) mass is 210 g/mol. The van der Waals surface area contributed by atoms with Crippen LogP contribution in [0.4, 0.5) is 0 Å². The number of carbonyl (C=O) groups is 1. The number of hydrogen-bond donors (Lipinski definition) is 3. The molecular weight excluding hydrogens is 200 g/mol. The van der Waals surface area contributed by atoms with Gasteiger partial charge in [0.15, 0.2) is 5.84 Å². The molecule has 0 atom stereocenters. The Hall–Kier alpha value is -2.24. The van der Waals surface area contributed by atoms with Gasteiger partial charge in [0, 0.05) is 5.56 Å². The van der Waals surface area contributed by atoms with Gasteiger partial charge in [-0.3, -0.25) is 0 Å². The van der Waals surface area contributed by atoms with E-state index < -0.39 is 5.97 Å². The van der Waals surface area contributed by atoms with Crippen LogP contribution in [0.2, 0.25) is 0 Å². The van der Waals surface area contributed by atoms with Gasteiger partial charge in [0.2, 0.25) is 0 Å². The molecule has 0 radical (unpaired) electrons. The number of aromatic hydroxyl groups is 1. The molecule has 0 spiro atoms. The Morgan fingerprint density at radius 2 is 2.20 bits per heavy atom. The summed E-state index contributed by atoms with van der Waals surface area (Å²) in [6.45, 7) is 0. The van der Waals surface area contributed by atoms with Gasteiger partial charge in [-0.15, -0.1) is 0 Å². The molecule has 4 N–H and O–H groups in total. The molecule has 6 nitrogen and oxygen atoms in total. The van der Waals surface area contributed by atoms with E-state index in [0.717, 1.165) is 0 Å². The van der Waals surface area contributed by atoms with Crippen LogP contribution >= 0.6 is 0 Å². The SMILES string of the molecule is COC(=O)c1ccc(C(N)=NO)cc1O. The maximum atomic E-state index is 11.1. The van der Waals surface area contributed by atoms with E-state index in [4.69, 9.17) is 10.9 Å². The number of methoxy groups -OCH3 is 1. The van der Waals surface area contributed by atoms with Gasteiger partial charge in [-0.1, -0.05) is 11.2 Å². The van der Waals surface area contributed by atoms with Gasteiger partial charge < -0.3 is 20.8 Å². The number of ether oxygens (including phenoxy) is 1. The molecule has 0 saturated carbocycles. The Bertz CT molecular complexity index is 415. The number of benzene rings is 1. The molecule has 0 aromatic heterocycles. The fourth-order valence-electron chi connectivity index (χ4n) is 1.03. The second-order valence-corrected chi connectivity index (χ2v) is 2.71. The summed E-state index contributed by atoms with van der Waals surface area (Å²) in [7, 11) is 1.21. The van der Waals surface area contributed by atoms with Crippen molar-refractivity contribution in [1.82, 2.24) is 0 Å². The highest BCUT2D eigenvalue weighted by Gasteiger charge is 2.12. The van der Waals surface area contributed by atoms with Gasteiger partial charge in [-0.05, 0) is 12.1 Å². The molecule has 80 valence electrons. The van der Waals surface area contributed by atoms with Gasteiger partial charge in [-0.2, -0.15) is 0 Å². The number of hydrogen-bond acceptors (Lipinski definition) is 5. The van der Waals surface area contributed by atoms with Crippen molar-refractivity contribution in [1.29, 1.82) is 0 Å². The summed E-state index contributed by atoms with van der Waals surface area (Å²) in [4.78, 5) is 11.1. The van der Waals surface area contributed by atoms with Gasteiger partial charge in [0.05, 0.1) is 7.11 Å². The standard InChI is InChI=1S/C9H10N2O4/c1-15-9(13)6-3-2-5(4-7(6)12)8(10)11-14/h2-4,12,14H,1H3,(H2,10,11). The lowest BCUT2D eigenvalue weighted by Gasteiger charge is -2.04. The van der Waals surface area contributed by atoms with Crippen LogP contribution < -0.4 is 5.73 Å². The highest BCUT2D eigenvalue weighted by Crippen LogP contribution is 2.19. The predicted octanol–water partition coefficient (Wildman–Crippen LogP) is 0.273. The van der Waals surface area contributed by atoms with Crippen molar-refractivity contribution in [3.05, 3.63) is 29.3 Å². The second-order valence-electron chi connectivity index (χ2n) is 2.71.